The molecule has 0 saturated heterocycles. The van der Waals surface area contributed by atoms with Crippen LogP contribution in [0.2, 0.25) is 0 Å². The van der Waals surface area contributed by atoms with Crippen LogP contribution in [-0.2, 0) is 19.8 Å². The summed E-state index contributed by atoms with van der Waals surface area (Å²) >= 11 is 0. The van der Waals surface area contributed by atoms with Crippen LogP contribution in [0.25, 0.3) is 11.0 Å². The molecule has 0 aliphatic rings. The van der Waals surface area contributed by atoms with Crippen LogP contribution in [0, 0.1) is 0 Å². The van der Waals surface area contributed by atoms with Gasteiger partial charge in [-0.15, -0.1) is 0 Å². The van der Waals surface area contributed by atoms with Crippen LogP contribution >= 0.6 is 0 Å². The maximum Gasteiger partial charge on any atom is 0.449 e. The van der Waals surface area contributed by atoms with Gasteiger partial charge in [0.1, 0.15) is 0 Å². The first-order chi connectivity index (χ1) is 10.4. The minimum absolute atomic E-state index is 0.0641. The molecule has 1 aromatic carbocycles. The Morgan fingerprint density at radius 2 is 1.91 bits per heavy atom. The molecule has 0 unspecified atom stereocenters. The molecular formula is C15H12F3N3O. The summed E-state index contributed by atoms with van der Waals surface area (Å²) in [5.41, 5.74) is 0.890. The molecule has 0 aliphatic heterocycles. The van der Waals surface area contributed by atoms with Crippen molar-refractivity contribution in [1.29, 1.82) is 0 Å². The number of aryl methyl sites for hydroxylation is 1. The van der Waals surface area contributed by atoms with E-state index < -0.39 is 12.0 Å². The van der Waals surface area contributed by atoms with Gasteiger partial charge in [-0.3, -0.25) is 4.79 Å². The van der Waals surface area contributed by atoms with Gasteiger partial charge in [-0.25, -0.2) is 4.98 Å². The smallest absolute Gasteiger partial charge is 0.319 e. The summed E-state index contributed by atoms with van der Waals surface area (Å²) in [6.07, 6.45) is -3.02. The lowest BCUT2D eigenvalue weighted by molar-refractivity contribution is -0.146. The van der Waals surface area contributed by atoms with Gasteiger partial charge in [-0.2, -0.15) is 13.2 Å². The highest BCUT2D eigenvalue weighted by Gasteiger charge is 2.37. The monoisotopic (exact) mass is 307 g/mol. The van der Waals surface area contributed by atoms with Crippen molar-refractivity contribution in [3.05, 3.63) is 64.3 Å². The number of fused-ring (bicyclic) bond motifs is 1. The summed E-state index contributed by atoms with van der Waals surface area (Å²) in [7, 11) is 1.58. The van der Waals surface area contributed by atoms with E-state index in [1.54, 1.807) is 31.3 Å². The Hall–Kier alpha value is -2.57. The van der Waals surface area contributed by atoms with E-state index in [2.05, 4.69) is 4.98 Å². The molecule has 2 aromatic heterocycles. The average Bonchev–Trinajstić information content (AvgIpc) is 2.82. The molecular weight excluding hydrogens is 295 g/mol. The average molecular weight is 307 g/mol. The van der Waals surface area contributed by atoms with Gasteiger partial charge in [-0.05, 0) is 23.8 Å². The number of halogens is 3. The number of hydrogen-bond donors (Lipinski definition) is 0. The Morgan fingerprint density at radius 3 is 2.59 bits per heavy atom. The second-order valence-electron chi connectivity index (χ2n) is 4.99. The number of benzene rings is 1. The van der Waals surface area contributed by atoms with Crippen LogP contribution < -0.4 is 5.56 Å². The zero-order valence-corrected chi connectivity index (χ0v) is 11.6. The number of hydrogen-bond acceptors (Lipinski definition) is 2. The maximum atomic E-state index is 13.2. The fourth-order valence-corrected chi connectivity index (χ4v) is 2.32. The van der Waals surface area contributed by atoms with Crippen LogP contribution in [0.5, 0.6) is 0 Å². The predicted molar refractivity (Wildman–Crippen MR) is 75.5 cm³/mol. The van der Waals surface area contributed by atoms with E-state index in [1.807, 2.05) is 0 Å². The quantitative estimate of drug-likeness (QED) is 0.730. The van der Waals surface area contributed by atoms with E-state index in [0.717, 1.165) is 4.57 Å². The fourth-order valence-electron chi connectivity index (χ4n) is 2.32. The number of pyridine rings is 1. The summed E-state index contributed by atoms with van der Waals surface area (Å²) in [6.45, 7) is -0.0641. The Balaban J connectivity index is 2.16. The Bertz CT molecular complexity index is 893. The van der Waals surface area contributed by atoms with Gasteiger partial charge in [0.25, 0.3) is 5.56 Å². The van der Waals surface area contributed by atoms with Gasteiger partial charge < -0.3 is 9.13 Å². The number of aromatic nitrogens is 3. The van der Waals surface area contributed by atoms with Gasteiger partial charge in [-0.1, -0.05) is 12.1 Å². The van der Waals surface area contributed by atoms with Crippen LogP contribution in [0.4, 0.5) is 13.2 Å². The maximum absolute atomic E-state index is 13.2. The van der Waals surface area contributed by atoms with Gasteiger partial charge in [0.05, 0.1) is 11.0 Å². The number of rotatable bonds is 2. The lowest BCUT2D eigenvalue weighted by Crippen LogP contribution is -2.18. The summed E-state index contributed by atoms with van der Waals surface area (Å²) in [6, 6.07) is 9.36. The molecule has 2 heterocycles. The van der Waals surface area contributed by atoms with Gasteiger partial charge in [0.2, 0.25) is 5.82 Å². The summed E-state index contributed by atoms with van der Waals surface area (Å²) < 4.78 is 42.0. The number of nitrogens with zero attached hydrogens (tertiary/aromatic N) is 3. The van der Waals surface area contributed by atoms with E-state index >= 15 is 0 Å². The Morgan fingerprint density at radius 1 is 1.18 bits per heavy atom. The van der Waals surface area contributed by atoms with Crippen molar-refractivity contribution in [1.82, 2.24) is 14.1 Å². The van der Waals surface area contributed by atoms with Crippen LogP contribution in [-0.4, -0.2) is 14.1 Å². The van der Waals surface area contributed by atoms with Crippen molar-refractivity contribution < 1.29 is 13.2 Å². The van der Waals surface area contributed by atoms with Crippen molar-refractivity contribution in [3.8, 4) is 0 Å². The first kappa shape index (κ1) is 14.4. The number of imidazole rings is 1. The highest BCUT2D eigenvalue weighted by atomic mass is 19.4. The summed E-state index contributed by atoms with van der Waals surface area (Å²) in [5.74, 6) is -0.964. The van der Waals surface area contributed by atoms with Crippen molar-refractivity contribution in [2.24, 2.45) is 7.05 Å². The molecule has 4 nitrogen and oxygen atoms in total. The highest BCUT2D eigenvalue weighted by molar-refractivity contribution is 5.76. The molecule has 0 N–H and O–H groups in total. The molecule has 0 atom stereocenters. The number of alkyl halides is 3. The van der Waals surface area contributed by atoms with E-state index in [9.17, 15) is 18.0 Å². The molecule has 0 amide bonds. The fraction of sp³-hybridized carbons (Fsp3) is 0.200. The first-order valence-electron chi connectivity index (χ1n) is 6.54. The zero-order valence-electron chi connectivity index (χ0n) is 11.6. The van der Waals surface area contributed by atoms with Crippen molar-refractivity contribution in [2.75, 3.05) is 0 Å². The minimum Gasteiger partial charge on any atom is -0.319 e. The van der Waals surface area contributed by atoms with Crippen LogP contribution in [0.15, 0.2) is 47.4 Å². The molecule has 0 bridgehead atoms. The third-order valence-electron chi connectivity index (χ3n) is 3.42. The molecule has 3 rings (SSSR count). The predicted octanol–water partition coefficient (Wildman–Crippen LogP) is 2.80. The second-order valence-corrected chi connectivity index (χ2v) is 4.99. The molecule has 0 radical (unpaired) electrons. The molecule has 0 saturated carbocycles. The van der Waals surface area contributed by atoms with E-state index in [1.165, 1.54) is 22.9 Å². The molecule has 0 aliphatic carbocycles. The lowest BCUT2D eigenvalue weighted by Gasteiger charge is -2.11. The molecule has 3 aromatic rings. The highest BCUT2D eigenvalue weighted by Crippen LogP contribution is 2.31. The van der Waals surface area contributed by atoms with E-state index in [-0.39, 0.29) is 17.6 Å². The Kier molecular flexibility index (Phi) is 3.27. The first-order valence-corrected chi connectivity index (χ1v) is 6.54. The second kappa shape index (κ2) is 5.01. The SMILES string of the molecule is Cn1ccc(Cn2c(C(F)(F)F)nc3ccccc32)cc1=O. The van der Waals surface area contributed by atoms with Gasteiger partial charge in [0, 0.05) is 25.9 Å². The topological polar surface area (TPSA) is 39.8 Å². The standard InChI is InChI=1S/C15H12F3N3O/c1-20-7-6-10(8-13(20)22)9-21-12-5-3-2-4-11(12)19-14(21)15(16,17)18/h2-8H,9H2,1H3. The number of para-hydroxylation sites is 2. The zero-order chi connectivity index (χ0) is 15.9. The molecule has 7 heteroatoms. The van der Waals surface area contributed by atoms with E-state index in [4.69, 9.17) is 0 Å². The normalized spacial score (nSPS) is 12.0. The largest absolute Gasteiger partial charge is 0.449 e. The molecule has 0 spiro atoms. The summed E-state index contributed by atoms with van der Waals surface area (Å²) in [5, 5.41) is 0. The summed E-state index contributed by atoms with van der Waals surface area (Å²) in [4.78, 5) is 15.3. The van der Waals surface area contributed by atoms with Crippen molar-refractivity contribution in [2.45, 2.75) is 12.7 Å². The lowest BCUT2D eigenvalue weighted by atomic mass is 10.2. The third kappa shape index (κ3) is 2.49. The van der Waals surface area contributed by atoms with Crippen LogP contribution in [0.1, 0.15) is 11.4 Å². The van der Waals surface area contributed by atoms with Crippen molar-refractivity contribution >= 4 is 11.0 Å². The Labute approximate surface area is 123 Å². The third-order valence-corrected chi connectivity index (χ3v) is 3.42. The van der Waals surface area contributed by atoms with Crippen LogP contribution in [0.3, 0.4) is 0 Å². The van der Waals surface area contributed by atoms with Crippen molar-refractivity contribution in [3.63, 3.8) is 0 Å². The van der Waals surface area contributed by atoms with Gasteiger partial charge in [0.15, 0.2) is 0 Å². The molecule has 22 heavy (non-hydrogen) atoms. The minimum atomic E-state index is -4.56. The van der Waals surface area contributed by atoms with E-state index in [0.29, 0.717) is 11.1 Å². The molecule has 114 valence electrons. The van der Waals surface area contributed by atoms with Gasteiger partial charge >= 0.3 is 6.18 Å². The molecule has 0 fully saturated rings.